The zero-order valence-corrected chi connectivity index (χ0v) is 13.0. The first kappa shape index (κ1) is 15.8. The molecule has 1 fully saturated rings. The summed E-state index contributed by atoms with van der Waals surface area (Å²) >= 11 is 0. The summed E-state index contributed by atoms with van der Waals surface area (Å²) in [6, 6.07) is 5.30. The summed E-state index contributed by atoms with van der Waals surface area (Å²) in [7, 11) is 0. The highest BCUT2D eigenvalue weighted by Gasteiger charge is 2.16. The zero-order chi connectivity index (χ0) is 15.1. The molecule has 1 saturated heterocycles. The van der Waals surface area contributed by atoms with Gasteiger partial charge in [-0.2, -0.15) is 0 Å². The Labute approximate surface area is 127 Å². The predicted molar refractivity (Wildman–Crippen MR) is 83.3 cm³/mol. The van der Waals surface area contributed by atoms with Gasteiger partial charge in [0.1, 0.15) is 12.9 Å². The van der Waals surface area contributed by atoms with Crippen LogP contribution in [-0.2, 0) is 0 Å². The second-order valence-corrected chi connectivity index (χ2v) is 5.65. The van der Waals surface area contributed by atoms with Crippen LogP contribution in [0.1, 0.15) is 37.0 Å². The second-order valence-electron chi connectivity index (χ2n) is 5.65. The fourth-order valence-electron chi connectivity index (χ4n) is 2.76. The lowest BCUT2D eigenvalue weighted by molar-refractivity contribution is 0.112. The van der Waals surface area contributed by atoms with Crippen molar-refractivity contribution >= 4 is 6.29 Å². The average molecular weight is 291 g/mol. The van der Waals surface area contributed by atoms with Gasteiger partial charge in [0.15, 0.2) is 11.5 Å². The van der Waals surface area contributed by atoms with E-state index >= 15 is 0 Å². The van der Waals surface area contributed by atoms with Gasteiger partial charge in [-0.05, 0) is 50.4 Å². The molecule has 0 bridgehead atoms. The van der Waals surface area contributed by atoms with E-state index in [1.54, 1.807) is 12.1 Å². The molecule has 0 N–H and O–H groups in total. The van der Waals surface area contributed by atoms with Crippen LogP contribution in [0.4, 0.5) is 0 Å². The Morgan fingerprint density at radius 2 is 2.19 bits per heavy atom. The summed E-state index contributed by atoms with van der Waals surface area (Å²) < 4.78 is 11.4. The molecule has 1 aliphatic heterocycles. The number of hydrogen-bond donors (Lipinski definition) is 0. The van der Waals surface area contributed by atoms with Gasteiger partial charge in [-0.15, -0.1) is 0 Å². The minimum Gasteiger partial charge on any atom is -0.490 e. The molecule has 21 heavy (non-hydrogen) atoms. The van der Waals surface area contributed by atoms with E-state index in [-0.39, 0.29) is 0 Å². The summed E-state index contributed by atoms with van der Waals surface area (Å²) in [6.45, 7) is 8.69. The van der Waals surface area contributed by atoms with Gasteiger partial charge in [0.2, 0.25) is 0 Å². The Kier molecular flexibility index (Phi) is 6.05. The molecular weight excluding hydrogens is 266 g/mol. The Morgan fingerprint density at radius 3 is 2.90 bits per heavy atom. The molecule has 0 saturated carbocycles. The fraction of sp³-hybridized carbons (Fsp3) is 0.588. The molecule has 1 aromatic carbocycles. The smallest absolute Gasteiger partial charge is 0.161 e. The first-order valence-electron chi connectivity index (χ1n) is 7.80. The Bertz CT molecular complexity index is 461. The molecule has 4 heteroatoms. The highest BCUT2D eigenvalue weighted by molar-refractivity contribution is 5.76. The molecule has 1 atom stereocenters. The van der Waals surface area contributed by atoms with E-state index in [0.717, 1.165) is 31.8 Å². The maximum atomic E-state index is 10.8. The molecule has 116 valence electrons. The molecule has 0 amide bonds. The van der Waals surface area contributed by atoms with Crippen molar-refractivity contribution in [1.29, 1.82) is 0 Å². The second kappa shape index (κ2) is 8.03. The minimum atomic E-state index is 0.558. The van der Waals surface area contributed by atoms with Crippen LogP contribution in [0.15, 0.2) is 18.2 Å². The molecule has 4 nitrogen and oxygen atoms in total. The van der Waals surface area contributed by atoms with Crippen molar-refractivity contribution < 1.29 is 14.3 Å². The van der Waals surface area contributed by atoms with Crippen molar-refractivity contribution in [3.8, 4) is 11.5 Å². The summed E-state index contributed by atoms with van der Waals surface area (Å²) in [6.07, 6.45) is 3.43. The molecule has 1 heterocycles. The van der Waals surface area contributed by atoms with E-state index in [9.17, 15) is 4.79 Å². The first-order valence-corrected chi connectivity index (χ1v) is 7.80. The van der Waals surface area contributed by atoms with Gasteiger partial charge in [-0.1, -0.05) is 6.92 Å². The lowest BCUT2D eigenvalue weighted by atomic mass is 10.0. The molecule has 0 spiro atoms. The number of rotatable bonds is 7. The van der Waals surface area contributed by atoms with E-state index in [2.05, 4.69) is 11.8 Å². The van der Waals surface area contributed by atoms with Gasteiger partial charge in [0.25, 0.3) is 0 Å². The lowest BCUT2D eigenvalue weighted by Crippen LogP contribution is -2.37. The lowest BCUT2D eigenvalue weighted by Gasteiger charge is -2.30. The van der Waals surface area contributed by atoms with Crippen LogP contribution in [0.25, 0.3) is 0 Å². The van der Waals surface area contributed by atoms with Crippen molar-refractivity contribution in [3.05, 3.63) is 23.8 Å². The van der Waals surface area contributed by atoms with Crippen LogP contribution < -0.4 is 9.47 Å². The predicted octanol–water partition coefficient (Wildman–Crippen LogP) is 3.01. The maximum absolute atomic E-state index is 10.8. The van der Waals surface area contributed by atoms with Crippen LogP contribution in [0.3, 0.4) is 0 Å². The Balaban J connectivity index is 1.88. The standard InChI is InChI=1S/C17H25NO3/c1-3-20-17-11-15(13-19)6-7-16(17)21-10-9-18-8-4-5-14(2)12-18/h6-7,11,13-14H,3-5,8-10,12H2,1-2H3/t14-/m1/s1. The fourth-order valence-corrected chi connectivity index (χ4v) is 2.76. The number of carbonyl (C=O) groups excluding carboxylic acids is 1. The first-order chi connectivity index (χ1) is 10.2. The van der Waals surface area contributed by atoms with E-state index in [1.807, 2.05) is 13.0 Å². The van der Waals surface area contributed by atoms with Crippen LogP contribution in [0.2, 0.25) is 0 Å². The highest BCUT2D eigenvalue weighted by atomic mass is 16.5. The van der Waals surface area contributed by atoms with Crippen molar-refractivity contribution in [1.82, 2.24) is 4.90 Å². The number of piperidine rings is 1. The average Bonchev–Trinajstić information content (AvgIpc) is 2.49. The van der Waals surface area contributed by atoms with Gasteiger partial charge in [0, 0.05) is 18.7 Å². The van der Waals surface area contributed by atoms with E-state index in [0.29, 0.717) is 30.3 Å². The highest BCUT2D eigenvalue weighted by Crippen LogP contribution is 2.28. The monoisotopic (exact) mass is 291 g/mol. The summed E-state index contributed by atoms with van der Waals surface area (Å²) in [5.74, 6) is 2.14. The van der Waals surface area contributed by atoms with Gasteiger partial charge in [-0.3, -0.25) is 9.69 Å². The number of nitrogens with zero attached hydrogens (tertiary/aromatic N) is 1. The van der Waals surface area contributed by atoms with Gasteiger partial charge < -0.3 is 9.47 Å². The summed E-state index contributed by atoms with van der Waals surface area (Å²) in [5, 5.41) is 0. The third kappa shape index (κ3) is 4.74. The maximum Gasteiger partial charge on any atom is 0.161 e. The molecular formula is C17H25NO3. The molecule has 0 aromatic heterocycles. The molecule has 0 radical (unpaired) electrons. The number of benzene rings is 1. The number of hydrogen-bond acceptors (Lipinski definition) is 4. The van der Waals surface area contributed by atoms with Crippen molar-refractivity contribution in [2.75, 3.05) is 32.8 Å². The Morgan fingerprint density at radius 1 is 1.33 bits per heavy atom. The topological polar surface area (TPSA) is 38.8 Å². The Hall–Kier alpha value is -1.55. The van der Waals surface area contributed by atoms with E-state index in [1.165, 1.54) is 12.8 Å². The zero-order valence-electron chi connectivity index (χ0n) is 13.0. The number of aldehydes is 1. The van der Waals surface area contributed by atoms with Crippen LogP contribution in [-0.4, -0.2) is 44.0 Å². The van der Waals surface area contributed by atoms with Crippen molar-refractivity contribution in [3.63, 3.8) is 0 Å². The number of carbonyl (C=O) groups is 1. The van der Waals surface area contributed by atoms with Crippen LogP contribution in [0.5, 0.6) is 11.5 Å². The number of ether oxygens (including phenoxy) is 2. The molecule has 1 aromatic rings. The van der Waals surface area contributed by atoms with Gasteiger partial charge in [0.05, 0.1) is 6.61 Å². The third-order valence-corrected chi connectivity index (χ3v) is 3.81. The van der Waals surface area contributed by atoms with Crippen molar-refractivity contribution in [2.24, 2.45) is 5.92 Å². The largest absolute Gasteiger partial charge is 0.490 e. The normalized spacial score (nSPS) is 19.2. The molecule has 0 unspecified atom stereocenters. The SMILES string of the molecule is CCOc1cc(C=O)ccc1OCCN1CCC[C@@H](C)C1. The summed E-state index contributed by atoms with van der Waals surface area (Å²) in [5.41, 5.74) is 0.607. The van der Waals surface area contributed by atoms with Gasteiger partial charge in [-0.25, -0.2) is 0 Å². The summed E-state index contributed by atoms with van der Waals surface area (Å²) in [4.78, 5) is 13.3. The van der Waals surface area contributed by atoms with E-state index < -0.39 is 0 Å². The molecule has 0 aliphatic carbocycles. The van der Waals surface area contributed by atoms with Crippen LogP contribution >= 0.6 is 0 Å². The van der Waals surface area contributed by atoms with E-state index in [4.69, 9.17) is 9.47 Å². The molecule has 2 rings (SSSR count). The minimum absolute atomic E-state index is 0.558. The number of likely N-dealkylation sites (tertiary alicyclic amines) is 1. The van der Waals surface area contributed by atoms with Crippen molar-refractivity contribution in [2.45, 2.75) is 26.7 Å². The quantitative estimate of drug-likeness (QED) is 0.724. The third-order valence-electron chi connectivity index (χ3n) is 3.81. The molecule has 1 aliphatic rings. The van der Waals surface area contributed by atoms with Crippen LogP contribution in [0, 0.1) is 5.92 Å². The van der Waals surface area contributed by atoms with Gasteiger partial charge >= 0.3 is 0 Å².